The summed E-state index contributed by atoms with van der Waals surface area (Å²) < 4.78 is 0. The molecule has 0 saturated carbocycles. The zero-order valence-electron chi connectivity index (χ0n) is 33.5. The van der Waals surface area contributed by atoms with Crippen molar-refractivity contribution < 1.29 is 0 Å². The quantitative estimate of drug-likeness (QED) is 0.166. The van der Waals surface area contributed by atoms with Crippen LogP contribution < -0.4 is 0 Å². The van der Waals surface area contributed by atoms with Crippen LogP contribution in [0.1, 0.15) is 22.3 Å². The highest BCUT2D eigenvalue weighted by atomic mass is 32.2. The number of rotatable bonds is 4. The Labute approximate surface area is 363 Å². The van der Waals surface area contributed by atoms with Gasteiger partial charge in [-0.25, -0.2) is 15.0 Å². The normalized spacial score (nSPS) is 14.8. The fraction of sp³-hybridized carbons (Fsp3) is 0.0172. The molecular weight excluding hydrogens is 771 g/mol. The molecule has 1 unspecified atom stereocenters. The second-order valence-corrected chi connectivity index (χ2v) is 17.3. The van der Waals surface area contributed by atoms with Crippen LogP contribution in [0.4, 0.5) is 0 Å². The SMILES string of the molecule is c1ccc(-c2nc(-c3ccccc3)nc(-c3ccc(-c4ccc5c(c4)Sc4ccccc4C54c5ccccc5-c5cc6c7ccccc7c7ccccc7c6cc54)cc3)n2)cc1. The van der Waals surface area contributed by atoms with Gasteiger partial charge in [0.15, 0.2) is 17.5 Å². The lowest BCUT2D eigenvalue weighted by Crippen LogP contribution is -2.32. The van der Waals surface area contributed by atoms with Gasteiger partial charge in [-0.2, -0.15) is 0 Å². The maximum atomic E-state index is 4.98. The Balaban J connectivity index is 0.975. The number of benzene rings is 10. The van der Waals surface area contributed by atoms with Gasteiger partial charge in [-0.05, 0) is 101 Å². The smallest absolute Gasteiger partial charge is 0.164 e. The fourth-order valence-corrected chi connectivity index (χ4v) is 11.5. The fourth-order valence-electron chi connectivity index (χ4n) is 10.2. The van der Waals surface area contributed by atoms with Gasteiger partial charge in [0.2, 0.25) is 0 Å². The van der Waals surface area contributed by atoms with Crippen LogP contribution in [0.3, 0.4) is 0 Å². The highest BCUT2D eigenvalue weighted by molar-refractivity contribution is 7.99. The molecule has 10 aromatic carbocycles. The van der Waals surface area contributed by atoms with E-state index >= 15 is 0 Å². The lowest BCUT2D eigenvalue weighted by atomic mass is 9.67. The summed E-state index contributed by atoms with van der Waals surface area (Å²) in [4.78, 5) is 17.4. The summed E-state index contributed by atoms with van der Waals surface area (Å²) in [5.41, 5.74) is 12.6. The van der Waals surface area contributed by atoms with E-state index in [2.05, 4.69) is 152 Å². The van der Waals surface area contributed by atoms with Crippen molar-refractivity contribution in [1.29, 1.82) is 0 Å². The average molecular weight is 806 g/mol. The molecular formula is C58H35N3S. The first-order chi connectivity index (χ1) is 30.7. The third-order valence-corrected chi connectivity index (χ3v) is 14.1. The molecule has 3 nitrogen and oxygen atoms in total. The van der Waals surface area contributed by atoms with Crippen LogP contribution in [-0.4, -0.2) is 15.0 Å². The molecule has 0 amide bonds. The molecule has 4 heteroatoms. The molecule has 2 aliphatic rings. The van der Waals surface area contributed by atoms with E-state index in [9.17, 15) is 0 Å². The number of hydrogen-bond donors (Lipinski definition) is 0. The molecule has 0 saturated heterocycles. The van der Waals surface area contributed by atoms with E-state index in [1.54, 1.807) is 0 Å². The second kappa shape index (κ2) is 13.7. The number of hydrogen-bond acceptors (Lipinski definition) is 4. The largest absolute Gasteiger partial charge is 0.208 e. The Morgan fingerprint density at radius 3 is 1.35 bits per heavy atom. The van der Waals surface area contributed by atoms with E-state index in [0.717, 1.165) is 22.3 Å². The summed E-state index contributed by atoms with van der Waals surface area (Å²) in [6.07, 6.45) is 0. The van der Waals surface area contributed by atoms with Gasteiger partial charge >= 0.3 is 0 Å². The van der Waals surface area contributed by atoms with Crippen LogP contribution in [0.2, 0.25) is 0 Å². The van der Waals surface area contributed by atoms with E-state index in [0.29, 0.717) is 17.5 Å². The summed E-state index contributed by atoms with van der Waals surface area (Å²) >= 11 is 1.88. The maximum absolute atomic E-state index is 4.98. The summed E-state index contributed by atoms with van der Waals surface area (Å²) in [5, 5.41) is 7.76. The van der Waals surface area contributed by atoms with Crippen LogP contribution in [0.15, 0.2) is 222 Å². The second-order valence-electron chi connectivity index (χ2n) is 16.3. The van der Waals surface area contributed by atoms with Crippen molar-refractivity contribution in [2.24, 2.45) is 0 Å². The molecule has 1 aromatic heterocycles. The molecule has 1 atom stereocenters. The Morgan fingerprint density at radius 2 is 0.726 bits per heavy atom. The lowest BCUT2D eigenvalue weighted by molar-refractivity contribution is 0.723. The van der Waals surface area contributed by atoms with Gasteiger partial charge in [-0.1, -0.05) is 200 Å². The van der Waals surface area contributed by atoms with Gasteiger partial charge in [-0.3, -0.25) is 0 Å². The standard InChI is InChI=1S/C58H35N3S/c1-3-15-37(16-4-1)55-59-56(38-17-5-2-6-18-38)61-57(60-55)39-29-27-36(28-30-39)40-31-32-51-54(33-40)62-53-26-14-13-25-50(53)58(51)49-24-12-11-23-45(49)48-34-46-43-21-9-7-19-41(43)42-20-8-10-22-44(42)47(46)35-52(48)58/h1-35H. The predicted molar refractivity (Wildman–Crippen MR) is 256 cm³/mol. The van der Waals surface area contributed by atoms with Gasteiger partial charge < -0.3 is 0 Å². The summed E-state index contributed by atoms with van der Waals surface area (Å²) in [5.74, 6) is 1.96. The van der Waals surface area contributed by atoms with Gasteiger partial charge in [0.25, 0.3) is 0 Å². The van der Waals surface area contributed by atoms with Crippen molar-refractivity contribution in [3.63, 3.8) is 0 Å². The Hall–Kier alpha value is -7.66. The van der Waals surface area contributed by atoms with Crippen LogP contribution in [0.5, 0.6) is 0 Å². The van der Waals surface area contributed by atoms with Crippen LogP contribution >= 0.6 is 11.8 Å². The molecule has 1 aliphatic heterocycles. The molecule has 62 heavy (non-hydrogen) atoms. The third kappa shape index (κ3) is 5.17. The molecule has 0 fully saturated rings. The van der Waals surface area contributed by atoms with Crippen LogP contribution in [0, 0.1) is 0 Å². The van der Waals surface area contributed by atoms with Crippen LogP contribution in [0.25, 0.3) is 88.7 Å². The third-order valence-electron chi connectivity index (χ3n) is 13.0. The first kappa shape index (κ1) is 35.1. The molecule has 0 bridgehead atoms. The Morgan fingerprint density at radius 1 is 0.274 bits per heavy atom. The minimum atomic E-state index is -0.488. The number of fused-ring (bicyclic) bond motifs is 15. The van der Waals surface area contributed by atoms with E-state index in [1.807, 2.05) is 72.4 Å². The van der Waals surface area contributed by atoms with Crippen molar-refractivity contribution in [3.8, 4) is 56.4 Å². The average Bonchev–Trinajstić information content (AvgIpc) is 3.63. The Kier molecular flexibility index (Phi) is 7.75. The number of aromatic nitrogens is 3. The molecule has 288 valence electrons. The van der Waals surface area contributed by atoms with Crippen molar-refractivity contribution in [3.05, 3.63) is 235 Å². The minimum absolute atomic E-state index is 0.488. The van der Waals surface area contributed by atoms with Crippen LogP contribution in [-0.2, 0) is 5.41 Å². The molecule has 1 aliphatic carbocycles. The first-order valence-corrected chi connectivity index (χ1v) is 21.9. The predicted octanol–water partition coefficient (Wildman–Crippen LogP) is 14.8. The van der Waals surface area contributed by atoms with Crippen molar-refractivity contribution in [2.45, 2.75) is 15.2 Å². The minimum Gasteiger partial charge on any atom is -0.208 e. The highest BCUT2D eigenvalue weighted by Gasteiger charge is 2.50. The Bertz CT molecular complexity index is 3540. The zero-order valence-corrected chi connectivity index (χ0v) is 34.3. The van der Waals surface area contributed by atoms with Crippen molar-refractivity contribution in [1.82, 2.24) is 15.0 Å². The maximum Gasteiger partial charge on any atom is 0.164 e. The number of nitrogens with zero attached hydrogens (tertiary/aromatic N) is 3. The van der Waals surface area contributed by atoms with Gasteiger partial charge in [0.05, 0.1) is 5.41 Å². The molecule has 1 spiro atoms. The highest BCUT2D eigenvalue weighted by Crippen LogP contribution is 2.63. The zero-order chi connectivity index (χ0) is 40.8. The van der Waals surface area contributed by atoms with Gasteiger partial charge in [-0.15, -0.1) is 0 Å². The van der Waals surface area contributed by atoms with Gasteiger partial charge in [0, 0.05) is 26.5 Å². The molecule has 0 N–H and O–H groups in total. The molecule has 13 rings (SSSR count). The summed E-state index contributed by atoms with van der Waals surface area (Å²) in [7, 11) is 0. The van der Waals surface area contributed by atoms with E-state index < -0.39 is 5.41 Å². The lowest BCUT2D eigenvalue weighted by Gasteiger charge is -2.40. The van der Waals surface area contributed by atoms with E-state index in [1.165, 1.54) is 81.1 Å². The van der Waals surface area contributed by atoms with Gasteiger partial charge in [0.1, 0.15) is 0 Å². The monoisotopic (exact) mass is 805 g/mol. The van der Waals surface area contributed by atoms with E-state index in [4.69, 9.17) is 15.0 Å². The molecule has 2 heterocycles. The molecule has 11 aromatic rings. The topological polar surface area (TPSA) is 38.7 Å². The first-order valence-electron chi connectivity index (χ1n) is 21.1. The summed E-state index contributed by atoms with van der Waals surface area (Å²) in [6.45, 7) is 0. The van der Waals surface area contributed by atoms with Crippen molar-refractivity contribution in [2.75, 3.05) is 0 Å². The van der Waals surface area contributed by atoms with Crippen molar-refractivity contribution >= 4 is 44.1 Å². The summed E-state index contributed by atoms with van der Waals surface area (Å²) in [6, 6.07) is 77.1. The molecule has 0 radical (unpaired) electrons. The van der Waals surface area contributed by atoms with E-state index in [-0.39, 0.29) is 0 Å².